The molecule has 10 nitrogen and oxygen atoms in total. The fraction of sp³-hybridized carbons (Fsp3) is 0.423. The number of morpholine rings is 1. The van der Waals surface area contributed by atoms with Crippen LogP contribution in [0.1, 0.15) is 43.4 Å². The number of sulfonamides is 1. The second kappa shape index (κ2) is 9.87. The van der Waals surface area contributed by atoms with E-state index in [1.807, 2.05) is 0 Å². The minimum absolute atomic E-state index is 0.0924. The van der Waals surface area contributed by atoms with Gasteiger partial charge in [0.25, 0.3) is 5.56 Å². The molecule has 2 N–H and O–H groups in total. The van der Waals surface area contributed by atoms with Crippen molar-refractivity contribution >= 4 is 32.7 Å². The van der Waals surface area contributed by atoms with Gasteiger partial charge in [0.1, 0.15) is 5.65 Å². The molecule has 0 unspecified atom stereocenters. The third-order valence-corrected chi connectivity index (χ3v) is 8.89. The highest BCUT2D eigenvalue weighted by atomic mass is 32.2. The first-order valence-corrected chi connectivity index (χ1v) is 13.8. The van der Waals surface area contributed by atoms with Crippen LogP contribution in [-0.4, -0.2) is 64.3 Å². The number of rotatable bonds is 6. The van der Waals surface area contributed by atoms with Crippen molar-refractivity contribution in [3.05, 3.63) is 58.0 Å². The zero-order chi connectivity index (χ0) is 26.2. The number of aromatic nitrogens is 3. The minimum atomic E-state index is -3.42. The molecule has 2 aliphatic rings. The summed E-state index contributed by atoms with van der Waals surface area (Å²) in [7, 11) is -3.42. The third-order valence-electron chi connectivity index (χ3n) is 7.04. The molecule has 5 rings (SSSR count). The molecule has 194 valence electrons. The second-order valence-corrected chi connectivity index (χ2v) is 11.7. The van der Waals surface area contributed by atoms with Crippen LogP contribution in [0.15, 0.2) is 41.3 Å². The average Bonchev–Trinajstić information content (AvgIpc) is 3.23. The zero-order valence-electron chi connectivity index (χ0n) is 20.6. The largest absolute Gasteiger partial charge is 0.388 e. The molecule has 0 spiro atoms. The van der Waals surface area contributed by atoms with Crippen LogP contribution in [-0.2, 0) is 20.5 Å². The summed E-state index contributed by atoms with van der Waals surface area (Å²) in [5, 5.41) is 14.6. The van der Waals surface area contributed by atoms with Crippen molar-refractivity contribution in [2.45, 2.75) is 43.6 Å². The van der Waals surface area contributed by atoms with Crippen LogP contribution >= 0.6 is 0 Å². The van der Waals surface area contributed by atoms with Gasteiger partial charge in [0.15, 0.2) is 0 Å². The fourth-order valence-corrected chi connectivity index (χ4v) is 6.55. The average molecular weight is 524 g/mol. The molecule has 11 heteroatoms. The lowest BCUT2D eigenvalue weighted by molar-refractivity contribution is 0.0266. The summed E-state index contributed by atoms with van der Waals surface area (Å²) in [6.45, 7) is 3.28. The predicted molar refractivity (Wildman–Crippen MR) is 140 cm³/mol. The van der Waals surface area contributed by atoms with Crippen molar-refractivity contribution in [1.82, 2.24) is 18.8 Å². The molecular formula is C26H29N5O5S. The Morgan fingerprint density at radius 1 is 1.27 bits per heavy atom. The van der Waals surface area contributed by atoms with Crippen LogP contribution in [0.2, 0.25) is 0 Å². The van der Waals surface area contributed by atoms with Crippen LogP contribution in [0.3, 0.4) is 0 Å². The SMILES string of the molecule is C#Cc1cc2cnc(Nc3ccc(CS(=O)(=O)N4CCOCC4)cc3)nc2n([C@@H]2CCC[C@@]2(C)O)c1=O. The number of anilines is 2. The van der Waals surface area contributed by atoms with E-state index in [1.54, 1.807) is 43.5 Å². The Morgan fingerprint density at radius 3 is 2.65 bits per heavy atom. The summed E-state index contributed by atoms with van der Waals surface area (Å²) in [6.07, 6.45) is 9.17. The van der Waals surface area contributed by atoms with Crippen molar-refractivity contribution in [3.63, 3.8) is 0 Å². The highest BCUT2D eigenvalue weighted by Gasteiger charge is 2.39. The van der Waals surface area contributed by atoms with Crippen LogP contribution in [0.25, 0.3) is 11.0 Å². The lowest BCUT2D eigenvalue weighted by Crippen LogP contribution is -2.41. The van der Waals surface area contributed by atoms with E-state index in [1.165, 1.54) is 8.87 Å². The van der Waals surface area contributed by atoms with Gasteiger partial charge in [-0.25, -0.2) is 13.4 Å². The first kappa shape index (κ1) is 25.4. The second-order valence-electron chi connectivity index (χ2n) is 9.70. The summed E-state index contributed by atoms with van der Waals surface area (Å²) in [6, 6.07) is 8.14. The number of hydrogen-bond donors (Lipinski definition) is 2. The summed E-state index contributed by atoms with van der Waals surface area (Å²) in [5.74, 6) is 2.61. The molecule has 0 bridgehead atoms. The topological polar surface area (TPSA) is 127 Å². The summed E-state index contributed by atoms with van der Waals surface area (Å²) < 4.78 is 33.6. The van der Waals surface area contributed by atoms with Gasteiger partial charge in [0.05, 0.1) is 36.2 Å². The Kier molecular flexibility index (Phi) is 6.76. The van der Waals surface area contributed by atoms with Crippen molar-refractivity contribution in [2.75, 3.05) is 31.6 Å². The molecule has 1 saturated carbocycles. The van der Waals surface area contributed by atoms with Gasteiger partial charge in [-0.15, -0.1) is 6.42 Å². The normalized spacial score (nSPS) is 22.7. The van der Waals surface area contributed by atoms with Gasteiger partial charge in [-0.1, -0.05) is 18.1 Å². The molecule has 2 aromatic heterocycles. The van der Waals surface area contributed by atoms with E-state index < -0.39 is 21.7 Å². The van der Waals surface area contributed by atoms with Gasteiger partial charge in [-0.2, -0.15) is 9.29 Å². The van der Waals surface area contributed by atoms with Gasteiger partial charge in [0.2, 0.25) is 16.0 Å². The molecule has 2 fully saturated rings. The van der Waals surface area contributed by atoms with Crippen LogP contribution in [0.4, 0.5) is 11.6 Å². The van der Waals surface area contributed by atoms with E-state index in [4.69, 9.17) is 11.2 Å². The Morgan fingerprint density at radius 2 is 2.00 bits per heavy atom. The molecule has 0 radical (unpaired) electrons. The van der Waals surface area contributed by atoms with Gasteiger partial charge >= 0.3 is 0 Å². The molecule has 3 aromatic rings. The first-order valence-electron chi connectivity index (χ1n) is 12.2. The van der Waals surface area contributed by atoms with Gasteiger partial charge in [-0.3, -0.25) is 9.36 Å². The Labute approximate surface area is 215 Å². The van der Waals surface area contributed by atoms with Crippen LogP contribution < -0.4 is 10.9 Å². The van der Waals surface area contributed by atoms with Crippen LogP contribution in [0.5, 0.6) is 0 Å². The van der Waals surface area contributed by atoms with Crippen molar-refractivity contribution in [1.29, 1.82) is 0 Å². The zero-order valence-corrected chi connectivity index (χ0v) is 21.4. The smallest absolute Gasteiger partial charge is 0.268 e. The van der Waals surface area contributed by atoms with Gasteiger partial charge in [-0.05, 0) is 49.9 Å². The molecule has 1 saturated heterocycles. The first-order chi connectivity index (χ1) is 17.7. The van der Waals surface area contributed by atoms with Crippen molar-refractivity contribution < 1.29 is 18.3 Å². The van der Waals surface area contributed by atoms with E-state index in [2.05, 4.69) is 21.2 Å². The third kappa shape index (κ3) is 5.10. The Bertz CT molecular complexity index is 1520. The predicted octanol–water partition coefficient (Wildman–Crippen LogP) is 2.15. The van der Waals surface area contributed by atoms with Crippen LogP contribution in [0, 0.1) is 12.3 Å². The number of terminal acetylenes is 1. The maximum atomic E-state index is 13.2. The van der Waals surface area contributed by atoms with E-state index in [0.717, 1.165) is 6.42 Å². The molecule has 1 aliphatic carbocycles. The Hall–Kier alpha value is -3.30. The number of nitrogens with one attached hydrogen (secondary N) is 1. The number of hydrogen-bond acceptors (Lipinski definition) is 8. The summed E-state index contributed by atoms with van der Waals surface area (Å²) >= 11 is 0. The van der Waals surface area contributed by atoms with E-state index in [9.17, 15) is 18.3 Å². The number of pyridine rings is 1. The highest BCUT2D eigenvalue weighted by Crippen LogP contribution is 2.39. The maximum Gasteiger partial charge on any atom is 0.268 e. The molecule has 0 amide bonds. The van der Waals surface area contributed by atoms with Gasteiger partial charge < -0.3 is 15.2 Å². The fourth-order valence-electron chi connectivity index (χ4n) is 5.05. The molecule has 1 aliphatic heterocycles. The number of aliphatic hydroxyl groups is 1. The minimum Gasteiger partial charge on any atom is -0.388 e. The lowest BCUT2D eigenvalue weighted by atomic mass is 9.99. The lowest BCUT2D eigenvalue weighted by Gasteiger charge is -2.28. The van der Waals surface area contributed by atoms with Gasteiger partial charge in [0, 0.05) is 30.4 Å². The monoisotopic (exact) mass is 523 g/mol. The van der Waals surface area contributed by atoms with Crippen molar-refractivity contribution in [2.24, 2.45) is 0 Å². The molecular weight excluding hydrogens is 494 g/mol. The van der Waals surface area contributed by atoms with E-state index in [-0.39, 0.29) is 22.8 Å². The summed E-state index contributed by atoms with van der Waals surface area (Å²) in [5.41, 5.74) is 0.492. The quantitative estimate of drug-likeness (QED) is 0.471. The number of ether oxygens (including phenoxy) is 1. The standard InChI is InChI=1S/C26H29N5O5S/c1-3-19-15-20-16-27-25(29-23(20)31(24(19)32)22-5-4-10-26(22,2)33)28-21-8-6-18(7-9-21)17-37(34,35)30-11-13-36-14-12-30/h1,6-9,15-16,22,33H,4-5,10-14,17H2,2H3,(H,27,28,29)/t22-,26-/m1/s1. The van der Waals surface area contributed by atoms with E-state index >= 15 is 0 Å². The van der Waals surface area contributed by atoms with Crippen molar-refractivity contribution in [3.8, 4) is 12.3 Å². The van der Waals surface area contributed by atoms with E-state index in [0.29, 0.717) is 61.4 Å². The highest BCUT2D eigenvalue weighted by molar-refractivity contribution is 7.88. The molecule has 3 heterocycles. The molecule has 2 atom stereocenters. The Balaban J connectivity index is 1.41. The summed E-state index contributed by atoms with van der Waals surface area (Å²) in [4.78, 5) is 22.2. The number of benzene rings is 1. The molecule has 1 aromatic carbocycles. The number of fused-ring (bicyclic) bond motifs is 1. The number of nitrogens with zero attached hydrogens (tertiary/aromatic N) is 4. The molecule has 37 heavy (non-hydrogen) atoms. The maximum absolute atomic E-state index is 13.2.